The van der Waals surface area contributed by atoms with Crippen molar-refractivity contribution in [3.05, 3.63) is 53.6 Å². The lowest BCUT2D eigenvalue weighted by Crippen LogP contribution is -2.21. The average molecular weight is 351 g/mol. The molecule has 1 aliphatic carbocycles. The van der Waals surface area contributed by atoms with Gasteiger partial charge in [-0.05, 0) is 55.7 Å². The van der Waals surface area contributed by atoms with Crippen LogP contribution in [0.1, 0.15) is 17.5 Å². The first kappa shape index (κ1) is 18.0. The molecule has 5 heteroatoms. The van der Waals surface area contributed by atoms with Crippen molar-refractivity contribution in [2.24, 2.45) is 11.8 Å². The molecule has 2 aromatic carbocycles. The van der Waals surface area contributed by atoms with Crippen molar-refractivity contribution in [3.8, 4) is 0 Å². The van der Waals surface area contributed by atoms with Gasteiger partial charge in [-0.25, -0.2) is 0 Å². The van der Waals surface area contributed by atoms with Crippen LogP contribution in [0.2, 0.25) is 0 Å². The van der Waals surface area contributed by atoms with Gasteiger partial charge in [0.1, 0.15) is 0 Å². The highest BCUT2D eigenvalue weighted by molar-refractivity contribution is 6.03. The predicted molar refractivity (Wildman–Crippen MR) is 106 cm³/mol. The molecule has 136 valence electrons. The number of hydrogen-bond donors (Lipinski definition) is 2. The molecule has 2 amide bonds. The van der Waals surface area contributed by atoms with Crippen LogP contribution >= 0.6 is 0 Å². The molecule has 0 aromatic heterocycles. The SMILES string of the molecule is Cc1cccc(C)c1NC(=O)C1CC1C(=O)Nc1ccc(N(C)C)cc1. The maximum atomic E-state index is 12.5. The van der Waals surface area contributed by atoms with Crippen LogP contribution in [-0.4, -0.2) is 25.9 Å². The molecule has 26 heavy (non-hydrogen) atoms. The Morgan fingerprint density at radius 1 is 0.885 bits per heavy atom. The summed E-state index contributed by atoms with van der Waals surface area (Å²) in [5, 5.41) is 5.89. The van der Waals surface area contributed by atoms with Gasteiger partial charge in [0.15, 0.2) is 0 Å². The maximum Gasteiger partial charge on any atom is 0.228 e. The van der Waals surface area contributed by atoms with E-state index in [1.807, 2.05) is 75.3 Å². The highest BCUT2D eigenvalue weighted by atomic mass is 16.2. The Morgan fingerprint density at radius 2 is 1.42 bits per heavy atom. The van der Waals surface area contributed by atoms with Gasteiger partial charge in [-0.3, -0.25) is 9.59 Å². The summed E-state index contributed by atoms with van der Waals surface area (Å²) in [6.07, 6.45) is 0.596. The van der Waals surface area contributed by atoms with Gasteiger partial charge in [0.05, 0.1) is 11.8 Å². The fourth-order valence-corrected chi connectivity index (χ4v) is 3.08. The standard InChI is InChI=1S/C21H25N3O2/c1-13-6-5-7-14(2)19(13)23-21(26)18-12-17(18)20(25)22-15-8-10-16(11-9-15)24(3)4/h5-11,17-18H,12H2,1-4H3,(H,22,25)(H,23,26). The van der Waals surface area contributed by atoms with Crippen molar-refractivity contribution >= 4 is 28.9 Å². The number of amides is 2. The summed E-state index contributed by atoms with van der Waals surface area (Å²) >= 11 is 0. The second-order valence-corrected chi connectivity index (χ2v) is 7.14. The summed E-state index contributed by atoms with van der Waals surface area (Å²) < 4.78 is 0. The molecule has 0 saturated heterocycles. The molecule has 5 nitrogen and oxygen atoms in total. The third-order valence-electron chi connectivity index (χ3n) is 4.84. The van der Waals surface area contributed by atoms with E-state index in [4.69, 9.17) is 0 Å². The van der Waals surface area contributed by atoms with Crippen LogP contribution in [0, 0.1) is 25.7 Å². The van der Waals surface area contributed by atoms with E-state index < -0.39 is 0 Å². The lowest BCUT2D eigenvalue weighted by atomic mass is 10.1. The van der Waals surface area contributed by atoms with E-state index in [1.165, 1.54) is 0 Å². The molecule has 1 saturated carbocycles. The number of nitrogens with one attached hydrogen (secondary N) is 2. The number of rotatable bonds is 5. The largest absolute Gasteiger partial charge is 0.378 e. The van der Waals surface area contributed by atoms with Crippen molar-refractivity contribution in [2.45, 2.75) is 20.3 Å². The topological polar surface area (TPSA) is 61.4 Å². The Hall–Kier alpha value is -2.82. The van der Waals surface area contributed by atoms with Crippen LogP contribution in [0.15, 0.2) is 42.5 Å². The molecular formula is C21H25N3O2. The number of anilines is 3. The van der Waals surface area contributed by atoms with E-state index in [-0.39, 0.29) is 23.7 Å². The number of carbonyl (C=O) groups excluding carboxylic acids is 2. The van der Waals surface area contributed by atoms with Gasteiger partial charge >= 0.3 is 0 Å². The minimum absolute atomic E-state index is 0.0782. The Bertz CT molecular complexity index is 807. The number of hydrogen-bond acceptors (Lipinski definition) is 3. The monoisotopic (exact) mass is 351 g/mol. The summed E-state index contributed by atoms with van der Waals surface area (Å²) in [5.74, 6) is -0.683. The van der Waals surface area contributed by atoms with E-state index in [9.17, 15) is 9.59 Å². The number of benzene rings is 2. The quantitative estimate of drug-likeness (QED) is 0.865. The molecule has 0 aliphatic heterocycles. The minimum atomic E-state index is -0.257. The first-order valence-electron chi connectivity index (χ1n) is 8.82. The molecule has 0 radical (unpaired) electrons. The van der Waals surface area contributed by atoms with Gasteiger partial charge in [0.25, 0.3) is 0 Å². The zero-order valence-electron chi connectivity index (χ0n) is 15.7. The Kier molecular flexibility index (Phi) is 4.98. The maximum absolute atomic E-state index is 12.5. The van der Waals surface area contributed by atoms with Crippen LogP contribution in [0.25, 0.3) is 0 Å². The van der Waals surface area contributed by atoms with Crippen LogP contribution in [0.5, 0.6) is 0 Å². The van der Waals surface area contributed by atoms with Gasteiger partial charge in [-0.15, -0.1) is 0 Å². The summed E-state index contributed by atoms with van der Waals surface area (Å²) in [6.45, 7) is 3.94. The molecule has 2 N–H and O–H groups in total. The fraction of sp³-hybridized carbons (Fsp3) is 0.333. The third kappa shape index (κ3) is 3.87. The van der Waals surface area contributed by atoms with Crippen molar-refractivity contribution < 1.29 is 9.59 Å². The molecule has 0 spiro atoms. The Morgan fingerprint density at radius 3 is 1.96 bits per heavy atom. The molecular weight excluding hydrogens is 326 g/mol. The normalized spacial score (nSPS) is 18.2. The first-order valence-corrected chi connectivity index (χ1v) is 8.82. The second-order valence-electron chi connectivity index (χ2n) is 7.14. The van der Waals surface area contributed by atoms with Gasteiger partial charge in [0.2, 0.25) is 11.8 Å². The van der Waals surface area contributed by atoms with Crippen LogP contribution in [0.4, 0.5) is 17.1 Å². The molecule has 3 rings (SSSR count). The number of aryl methyl sites for hydroxylation is 2. The lowest BCUT2D eigenvalue weighted by Gasteiger charge is -2.13. The minimum Gasteiger partial charge on any atom is -0.378 e. The van der Waals surface area contributed by atoms with Crippen molar-refractivity contribution in [2.75, 3.05) is 29.6 Å². The number of para-hydroxylation sites is 1. The fourth-order valence-electron chi connectivity index (χ4n) is 3.08. The number of nitrogens with zero attached hydrogens (tertiary/aromatic N) is 1. The lowest BCUT2D eigenvalue weighted by molar-refractivity contribution is -0.122. The van der Waals surface area contributed by atoms with Crippen molar-refractivity contribution in [1.29, 1.82) is 0 Å². The van der Waals surface area contributed by atoms with Crippen LogP contribution in [0.3, 0.4) is 0 Å². The molecule has 0 bridgehead atoms. The number of carbonyl (C=O) groups is 2. The van der Waals surface area contributed by atoms with Gasteiger partial charge in [-0.2, -0.15) is 0 Å². The van der Waals surface area contributed by atoms with E-state index in [0.29, 0.717) is 6.42 Å². The molecule has 2 aromatic rings. The second kappa shape index (κ2) is 7.20. The predicted octanol–water partition coefficient (Wildman–Crippen LogP) is 3.58. The molecule has 2 unspecified atom stereocenters. The summed E-state index contributed by atoms with van der Waals surface area (Å²) in [5.41, 5.74) is 4.73. The van der Waals surface area contributed by atoms with Gasteiger partial charge in [0, 0.05) is 31.2 Å². The Labute approximate surface area is 154 Å². The molecule has 1 aliphatic rings. The zero-order chi connectivity index (χ0) is 18.8. The van der Waals surface area contributed by atoms with Gasteiger partial charge < -0.3 is 15.5 Å². The molecule has 2 atom stereocenters. The highest BCUT2D eigenvalue weighted by Gasteiger charge is 2.48. The van der Waals surface area contributed by atoms with E-state index in [0.717, 1.165) is 28.2 Å². The van der Waals surface area contributed by atoms with Crippen LogP contribution < -0.4 is 15.5 Å². The van der Waals surface area contributed by atoms with Crippen LogP contribution in [-0.2, 0) is 9.59 Å². The average Bonchev–Trinajstić information content (AvgIpc) is 3.39. The smallest absolute Gasteiger partial charge is 0.228 e. The first-order chi connectivity index (χ1) is 12.4. The highest BCUT2D eigenvalue weighted by Crippen LogP contribution is 2.40. The van der Waals surface area contributed by atoms with Gasteiger partial charge in [-0.1, -0.05) is 18.2 Å². The summed E-state index contributed by atoms with van der Waals surface area (Å²) in [4.78, 5) is 26.9. The van der Waals surface area contributed by atoms with E-state index in [2.05, 4.69) is 10.6 Å². The Balaban J connectivity index is 1.57. The third-order valence-corrected chi connectivity index (χ3v) is 4.84. The summed E-state index contributed by atoms with van der Waals surface area (Å²) in [6, 6.07) is 13.6. The summed E-state index contributed by atoms with van der Waals surface area (Å²) in [7, 11) is 3.94. The van der Waals surface area contributed by atoms with Crippen molar-refractivity contribution in [3.63, 3.8) is 0 Å². The molecule has 1 fully saturated rings. The zero-order valence-corrected chi connectivity index (χ0v) is 15.7. The molecule has 0 heterocycles. The van der Waals surface area contributed by atoms with Crippen molar-refractivity contribution in [1.82, 2.24) is 0 Å². The van der Waals surface area contributed by atoms with E-state index in [1.54, 1.807) is 0 Å². The van der Waals surface area contributed by atoms with E-state index >= 15 is 0 Å².